The minimum Gasteiger partial charge on any atom is -0.338 e. The van der Waals surface area contributed by atoms with E-state index in [1.165, 1.54) is 0 Å². The van der Waals surface area contributed by atoms with Crippen LogP contribution in [0.5, 0.6) is 0 Å². The summed E-state index contributed by atoms with van der Waals surface area (Å²) in [7, 11) is 0. The average molecular weight is 350 g/mol. The normalized spacial score (nSPS) is 19.3. The maximum absolute atomic E-state index is 12.6. The molecule has 1 atom stereocenters. The lowest BCUT2D eigenvalue weighted by atomic mass is 10.0. The molecule has 0 aliphatic carbocycles. The Hall–Kier alpha value is -2.76. The molecule has 0 spiro atoms. The van der Waals surface area contributed by atoms with Crippen molar-refractivity contribution in [2.24, 2.45) is 0 Å². The van der Waals surface area contributed by atoms with Crippen molar-refractivity contribution < 1.29 is 9.59 Å². The van der Waals surface area contributed by atoms with Gasteiger partial charge in [0.2, 0.25) is 5.91 Å². The standard InChI is InChI=1S/C20H22N4O2/c1-14(25)23-10-8-18-17(13-23)11-21-19(22-18)16-7-9-24(12-16)20(26)15-5-3-2-4-6-15/h2-6,11,16H,7-10,12-13H2,1H3/t16-/m1/s1. The Bertz CT molecular complexity index is 837. The van der Waals surface area contributed by atoms with Gasteiger partial charge in [0, 0.05) is 62.8 Å². The summed E-state index contributed by atoms with van der Waals surface area (Å²) in [6.45, 7) is 4.29. The number of amides is 2. The Morgan fingerprint density at radius 3 is 2.69 bits per heavy atom. The molecule has 4 rings (SSSR count). The van der Waals surface area contributed by atoms with Crippen molar-refractivity contribution in [2.75, 3.05) is 19.6 Å². The number of aromatic nitrogens is 2. The van der Waals surface area contributed by atoms with Gasteiger partial charge in [-0.05, 0) is 18.6 Å². The molecule has 0 saturated carbocycles. The predicted molar refractivity (Wildman–Crippen MR) is 96.5 cm³/mol. The SMILES string of the molecule is CC(=O)N1CCc2nc([C@@H]3CCN(C(=O)c4ccccc4)C3)ncc2C1. The van der Waals surface area contributed by atoms with Gasteiger partial charge in [0.05, 0.1) is 5.69 Å². The molecule has 3 heterocycles. The third kappa shape index (κ3) is 3.19. The number of hydrogen-bond acceptors (Lipinski definition) is 4. The second-order valence-electron chi connectivity index (χ2n) is 6.99. The van der Waals surface area contributed by atoms with E-state index in [-0.39, 0.29) is 17.7 Å². The predicted octanol–water partition coefficient (Wildman–Crippen LogP) is 2.01. The van der Waals surface area contributed by atoms with E-state index in [9.17, 15) is 9.59 Å². The maximum Gasteiger partial charge on any atom is 0.253 e. The van der Waals surface area contributed by atoms with Gasteiger partial charge in [-0.15, -0.1) is 0 Å². The van der Waals surface area contributed by atoms with Crippen LogP contribution in [0.3, 0.4) is 0 Å². The van der Waals surface area contributed by atoms with E-state index in [2.05, 4.69) is 4.98 Å². The largest absolute Gasteiger partial charge is 0.338 e. The summed E-state index contributed by atoms with van der Waals surface area (Å²) in [6.07, 6.45) is 3.51. The zero-order chi connectivity index (χ0) is 18.1. The Kier molecular flexibility index (Phi) is 4.41. The third-order valence-electron chi connectivity index (χ3n) is 5.26. The molecule has 2 aliphatic heterocycles. The van der Waals surface area contributed by atoms with Gasteiger partial charge in [-0.1, -0.05) is 18.2 Å². The van der Waals surface area contributed by atoms with E-state index in [0.717, 1.165) is 42.0 Å². The number of likely N-dealkylation sites (tertiary alicyclic amines) is 1. The van der Waals surface area contributed by atoms with Gasteiger partial charge < -0.3 is 9.80 Å². The number of carbonyl (C=O) groups excluding carboxylic acids is 2. The quantitative estimate of drug-likeness (QED) is 0.831. The topological polar surface area (TPSA) is 66.4 Å². The van der Waals surface area contributed by atoms with Crippen molar-refractivity contribution in [3.8, 4) is 0 Å². The molecule has 0 N–H and O–H groups in total. The summed E-state index contributed by atoms with van der Waals surface area (Å²) < 4.78 is 0. The first-order chi connectivity index (χ1) is 12.6. The Morgan fingerprint density at radius 1 is 1.12 bits per heavy atom. The molecule has 134 valence electrons. The molecule has 26 heavy (non-hydrogen) atoms. The number of fused-ring (bicyclic) bond motifs is 1. The lowest BCUT2D eigenvalue weighted by Crippen LogP contribution is -2.35. The smallest absolute Gasteiger partial charge is 0.253 e. The Balaban J connectivity index is 1.46. The molecule has 2 aromatic rings. The van der Waals surface area contributed by atoms with Crippen LogP contribution in [0.15, 0.2) is 36.5 Å². The van der Waals surface area contributed by atoms with Gasteiger partial charge in [0.15, 0.2) is 0 Å². The Labute approximate surface area is 152 Å². The molecule has 6 nitrogen and oxygen atoms in total. The minimum absolute atomic E-state index is 0.0724. The average Bonchev–Trinajstić information content (AvgIpc) is 3.17. The molecule has 2 aliphatic rings. The van der Waals surface area contributed by atoms with Gasteiger partial charge in [-0.2, -0.15) is 0 Å². The molecular formula is C20H22N4O2. The molecule has 6 heteroatoms. The monoisotopic (exact) mass is 350 g/mol. The molecular weight excluding hydrogens is 328 g/mol. The first-order valence-electron chi connectivity index (χ1n) is 9.06. The van der Waals surface area contributed by atoms with Crippen LogP contribution in [0.4, 0.5) is 0 Å². The van der Waals surface area contributed by atoms with Crippen molar-refractivity contribution in [3.63, 3.8) is 0 Å². The van der Waals surface area contributed by atoms with E-state index in [1.54, 1.807) is 6.92 Å². The van der Waals surface area contributed by atoms with Crippen molar-refractivity contribution in [1.82, 2.24) is 19.8 Å². The number of nitrogens with zero attached hydrogens (tertiary/aromatic N) is 4. The van der Waals surface area contributed by atoms with Gasteiger partial charge in [-0.25, -0.2) is 9.97 Å². The van der Waals surface area contributed by atoms with Gasteiger partial charge in [-0.3, -0.25) is 9.59 Å². The fraction of sp³-hybridized carbons (Fsp3) is 0.400. The second-order valence-corrected chi connectivity index (χ2v) is 6.99. The highest BCUT2D eigenvalue weighted by Crippen LogP contribution is 2.27. The molecule has 2 amide bonds. The molecule has 0 radical (unpaired) electrons. The molecule has 1 aromatic carbocycles. The van der Waals surface area contributed by atoms with E-state index < -0.39 is 0 Å². The second kappa shape index (κ2) is 6.86. The summed E-state index contributed by atoms with van der Waals surface area (Å²) >= 11 is 0. The summed E-state index contributed by atoms with van der Waals surface area (Å²) in [5.41, 5.74) is 2.80. The van der Waals surface area contributed by atoms with Crippen molar-refractivity contribution in [1.29, 1.82) is 0 Å². The van der Waals surface area contributed by atoms with Crippen LogP contribution in [-0.2, 0) is 17.8 Å². The zero-order valence-electron chi connectivity index (χ0n) is 14.9. The van der Waals surface area contributed by atoms with Crippen molar-refractivity contribution >= 4 is 11.8 Å². The van der Waals surface area contributed by atoms with Crippen LogP contribution in [0.2, 0.25) is 0 Å². The summed E-state index contributed by atoms with van der Waals surface area (Å²) in [5.74, 6) is 1.16. The highest BCUT2D eigenvalue weighted by atomic mass is 16.2. The summed E-state index contributed by atoms with van der Waals surface area (Å²) in [4.78, 5) is 37.2. The molecule has 1 fully saturated rings. The lowest BCUT2D eigenvalue weighted by Gasteiger charge is -2.27. The highest BCUT2D eigenvalue weighted by Gasteiger charge is 2.30. The van der Waals surface area contributed by atoms with Crippen molar-refractivity contribution in [3.05, 3.63) is 59.2 Å². The van der Waals surface area contributed by atoms with Crippen LogP contribution in [0, 0.1) is 0 Å². The first-order valence-corrected chi connectivity index (χ1v) is 9.06. The molecule has 0 bridgehead atoms. The van der Waals surface area contributed by atoms with Crippen molar-refractivity contribution in [2.45, 2.75) is 32.2 Å². The third-order valence-corrected chi connectivity index (χ3v) is 5.26. The highest BCUT2D eigenvalue weighted by molar-refractivity contribution is 5.94. The minimum atomic E-state index is 0.0724. The Morgan fingerprint density at radius 2 is 1.92 bits per heavy atom. The van der Waals surface area contributed by atoms with Crippen LogP contribution in [-0.4, -0.2) is 51.2 Å². The maximum atomic E-state index is 12.6. The number of carbonyl (C=O) groups is 2. The first kappa shape index (κ1) is 16.7. The van der Waals surface area contributed by atoms with Gasteiger partial charge in [0.1, 0.15) is 5.82 Å². The number of benzene rings is 1. The molecule has 1 aromatic heterocycles. The lowest BCUT2D eigenvalue weighted by molar-refractivity contribution is -0.129. The summed E-state index contributed by atoms with van der Waals surface area (Å²) in [5, 5.41) is 0. The van der Waals surface area contributed by atoms with E-state index in [4.69, 9.17) is 4.98 Å². The van der Waals surface area contributed by atoms with Crippen LogP contribution < -0.4 is 0 Å². The fourth-order valence-electron chi connectivity index (χ4n) is 3.72. The molecule has 0 unspecified atom stereocenters. The van der Waals surface area contributed by atoms with Crippen LogP contribution in [0.1, 0.15) is 46.7 Å². The number of rotatable bonds is 2. The fourth-order valence-corrected chi connectivity index (χ4v) is 3.72. The van der Waals surface area contributed by atoms with E-state index >= 15 is 0 Å². The molecule has 1 saturated heterocycles. The van der Waals surface area contributed by atoms with Crippen LogP contribution in [0.25, 0.3) is 0 Å². The van der Waals surface area contributed by atoms with E-state index in [1.807, 2.05) is 46.3 Å². The van der Waals surface area contributed by atoms with Crippen LogP contribution >= 0.6 is 0 Å². The summed E-state index contributed by atoms with van der Waals surface area (Å²) in [6, 6.07) is 9.39. The van der Waals surface area contributed by atoms with Gasteiger partial charge in [0.25, 0.3) is 5.91 Å². The number of hydrogen-bond donors (Lipinski definition) is 0. The zero-order valence-corrected chi connectivity index (χ0v) is 14.9. The van der Waals surface area contributed by atoms with Gasteiger partial charge >= 0.3 is 0 Å². The van der Waals surface area contributed by atoms with E-state index in [0.29, 0.717) is 19.6 Å².